The molecule has 0 amide bonds. The Kier molecular flexibility index (Phi) is 7.87. The molecule has 33 heavy (non-hydrogen) atoms. The lowest BCUT2D eigenvalue weighted by atomic mass is 10.1. The van der Waals surface area contributed by atoms with E-state index in [0.717, 1.165) is 64.4 Å². The normalized spacial score (nSPS) is 26.4. The minimum absolute atomic E-state index is 0.208. The van der Waals surface area contributed by atoms with Gasteiger partial charge in [0, 0.05) is 30.4 Å². The van der Waals surface area contributed by atoms with Crippen LogP contribution in [0.2, 0.25) is 0 Å². The van der Waals surface area contributed by atoms with Crippen LogP contribution in [-0.4, -0.2) is 79.9 Å². The molecule has 0 bridgehead atoms. The largest absolute Gasteiger partial charge is 0.494 e. The van der Waals surface area contributed by atoms with Crippen molar-refractivity contribution in [1.82, 2.24) is 20.4 Å². The summed E-state index contributed by atoms with van der Waals surface area (Å²) < 4.78 is 19.4. The van der Waals surface area contributed by atoms with Gasteiger partial charge in [0.15, 0.2) is 11.6 Å². The molecule has 2 saturated heterocycles. The van der Waals surface area contributed by atoms with Crippen LogP contribution in [0.15, 0.2) is 28.2 Å². The number of rotatable bonds is 7. The average Bonchev–Trinajstić information content (AvgIpc) is 3.09. The lowest BCUT2D eigenvalue weighted by Crippen LogP contribution is -2.58. The highest BCUT2D eigenvalue weighted by molar-refractivity contribution is 5.96. The van der Waals surface area contributed by atoms with E-state index in [0.29, 0.717) is 17.8 Å². The molecule has 2 fully saturated rings. The lowest BCUT2D eigenvalue weighted by molar-refractivity contribution is 0.200. The number of methoxy groups -OCH3 is 1. The Morgan fingerprint density at radius 2 is 2.09 bits per heavy atom. The fourth-order valence-corrected chi connectivity index (χ4v) is 4.92. The van der Waals surface area contributed by atoms with Crippen LogP contribution in [0.4, 0.5) is 10.1 Å². The smallest absolute Gasteiger partial charge is 0.222 e. The van der Waals surface area contributed by atoms with E-state index >= 15 is 0 Å². The molecule has 5 N–H and O–H groups in total. The molecular formula is C23H37FN8O. The monoisotopic (exact) mass is 460 g/mol. The number of likely N-dealkylation sites (tertiary alicyclic amines) is 1. The molecule has 0 aromatic heterocycles. The number of ether oxygens (including phenoxy) is 1. The predicted molar refractivity (Wildman–Crippen MR) is 130 cm³/mol. The zero-order chi connectivity index (χ0) is 23.2. The van der Waals surface area contributed by atoms with Crippen LogP contribution in [0.5, 0.6) is 5.75 Å². The molecule has 1 aromatic rings. The number of nitrogens with one attached hydrogen (secondary N) is 3. The van der Waals surface area contributed by atoms with Gasteiger partial charge in [0.2, 0.25) is 18.2 Å². The number of anilines is 1. The summed E-state index contributed by atoms with van der Waals surface area (Å²) in [7, 11) is 1.46. The number of hydrogen-bond donors (Lipinski definition) is 4. The first-order valence-electron chi connectivity index (χ1n) is 12.1. The van der Waals surface area contributed by atoms with Crippen LogP contribution < -0.4 is 26.4 Å². The molecule has 1 aromatic carbocycles. The highest BCUT2D eigenvalue weighted by Gasteiger charge is 2.33. The summed E-state index contributed by atoms with van der Waals surface area (Å²) in [6.07, 6.45) is 5.05. The van der Waals surface area contributed by atoms with Gasteiger partial charge >= 0.3 is 0 Å². The van der Waals surface area contributed by atoms with E-state index in [1.54, 1.807) is 12.1 Å². The first kappa shape index (κ1) is 23.6. The van der Waals surface area contributed by atoms with Crippen molar-refractivity contribution in [3.8, 4) is 5.75 Å². The third-order valence-corrected chi connectivity index (χ3v) is 6.71. The highest BCUT2D eigenvalue weighted by atomic mass is 19.1. The fourth-order valence-electron chi connectivity index (χ4n) is 4.92. The Hall–Kier alpha value is -2.59. The second-order valence-electron chi connectivity index (χ2n) is 8.89. The molecule has 3 aliphatic rings. The van der Waals surface area contributed by atoms with Crippen LogP contribution in [0.1, 0.15) is 39.0 Å². The topological polar surface area (TPSA) is 103 Å². The van der Waals surface area contributed by atoms with Gasteiger partial charge < -0.3 is 31.3 Å². The Morgan fingerprint density at radius 3 is 2.88 bits per heavy atom. The van der Waals surface area contributed by atoms with Gasteiger partial charge in [-0.15, -0.1) is 0 Å². The Morgan fingerprint density at radius 1 is 1.21 bits per heavy atom. The minimum Gasteiger partial charge on any atom is -0.494 e. The number of guanidine groups is 2. The van der Waals surface area contributed by atoms with Crippen molar-refractivity contribution in [2.75, 3.05) is 45.2 Å². The highest BCUT2D eigenvalue weighted by Crippen LogP contribution is 2.24. The molecular weight excluding hydrogens is 423 g/mol. The zero-order valence-electron chi connectivity index (χ0n) is 19.7. The summed E-state index contributed by atoms with van der Waals surface area (Å²) in [6.45, 7) is 7.10. The van der Waals surface area contributed by atoms with E-state index in [2.05, 4.69) is 42.7 Å². The summed E-state index contributed by atoms with van der Waals surface area (Å²) in [6, 6.07) is 5.54. The van der Waals surface area contributed by atoms with Crippen molar-refractivity contribution in [3.05, 3.63) is 24.0 Å². The number of nitrogens with zero attached hydrogens (tertiary/aromatic N) is 4. The van der Waals surface area contributed by atoms with Crippen LogP contribution in [0, 0.1) is 5.82 Å². The van der Waals surface area contributed by atoms with Crippen molar-refractivity contribution < 1.29 is 9.13 Å². The zero-order valence-corrected chi connectivity index (χ0v) is 19.7. The van der Waals surface area contributed by atoms with Gasteiger partial charge in [-0.3, -0.25) is 4.90 Å². The summed E-state index contributed by atoms with van der Waals surface area (Å²) in [4.78, 5) is 13.8. The van der Waals surface area contributed by atoms with Gasteiger partial charge in [0.1, 0.15) is 0 Å². The molecule has 3 unspecified atom stereocenters. The van der Waals surface area contributed by atoms with Gasteiger partial charge in [0.25, 0.3) is 0 Å². The van der Waals surface area contributed by atoms with Crippen molar-refractivity contribution in [3.63, 3.8) is 0 Å². The van der Waals surface area contributed by atoms with Gasteiger partial charge in [-0.2, -0.15) is 4.99 Å². The Balaban J connectivity index is 1.57. The van der Waals surface area contributed by atoms with E-state index < -0.39 is 12.1 Å². The van der Waals surface area contributed by atoms with Crippen molar-refractivity contribution in [2.45, 2.75) is 57.4 Å². The second kappa shape index (κ2) is 11.0. The molecule has 10 heteroatoms. The van der Waals surface area contributed by atoms with Crippen LogP contribution in [-0.2, 0) is 0 Å². The van der Waals surface area contributed by atoms with Gasteiger partial charge in [-0.25, -0.2) is 9.38 Å². The molecule has 0 aliphatic carbocycles. The predicted octanol–water partition coefficient (Wildman–Crippen LogP) is 1.73. The molecule has 0 radical (unpaired) electrons. The standard InChI is InChI=1S/C23H37FN8O/c1-3-31-13-5-7-18(31)15-32-22(27-16-6-4-11-26-12-10-16)29-21(25)30-23(32)28-17-8-9-20(33-2)19(24)14-17/h8-9,14,16,18,23,26,28H,3-7,10-13,15H2,1-2H3,(H3,25,27,29,30). The van der Waals surface area contributed by atoms with Crippen molar-refractivity contribution >= 4 is 17.6 Å². The molecule has 0 saturated carbocycles. The Labute approximate surface area is 195 Å². The SMILES string of the molecule is CCN1CCCC1CN1C(NC2CCCNCC2)=NC(N)=NC1Nc1ccc(OC)c(F)c1. The van der Waals surface area contributed by atoms with Crippen molar-refractivity contribution in [1.29, 1.82) is 0 Å². The molecule has 182 valence electrons. The molecule has 9 nitrogen and oxygen atoms in total. The maximum Gasteiger partial charge on any atom is 0.222 e. The first-order valence-corrected chi connectivity index (χ1v) is 12.1. The summed E-state index contributed by atoms with van der Waals surface area (Å²) in [5.41, 5.74) is 6.75. The van der Waals surface area contributed by atoms with E-state index in [9.17, 15) is 4.39 Å². The van der Waals surface area contributed by atoms with E-state index in [4.69, 9.17) is 10.5 Å². The average molecular weight is 461 g/mol. The quantitative estimate of drug-likeness (QED) is 0.492. The van der Waals surface area contributed by atoms with Crippen molar-refractivity contribution in [2.24, 2.45) is 15.7 Å². The van der Waals surface area contributed by atoms with Crippen LogP contribution in [0.3, 0.4) is 0 Å². The number of hydrogen-bond acceptors (Lipinski definition) is 9. The first-order chi connectivity index (χ1) is 16.1. The van der Waals surface area contributed by atoms with E-state index in [1.165, 1.54) is 19.6 Å². The molecule has 4 rings (SSSR count). The number of aliphatic imine (C=N–C) groups is 2. The maximum absolute atomic E-state index is 14.3. The Bertz CT molecular complexity index is 855. The third kappa shape index (κ3) is 5.86. The van der Waals surface area contributed by atoms with E-state index in [-0.39, 0.29) is 11.7 Å². The lowest BCUT2D eigenvalue weighted by Gasteiger charge is -2.39. The third-order valence-electron chi connectivity index (χ3n) is 6.71. The number of halogens is 1. The molecule has 3 aliphatic heterocycles. The van der Waals surface area contributed by atoms with Gasteiger partial charge in [-0.05, 0) is 70.4 Å². The number of nitrogens with two attached hydrogens (primary N) is 1. The minimum atomic E-state index is -0.485. The fraction of sp³-hybridized carbons (Fsp3) is 0.652. The van der Waals surface area contributed by atoms with Gasteiger partial charge in [0.05, 0.1) is 7.11 Å². The number of benzene rings is 1. The van der Waals surface area contributed by atoms with E-state index in [1.807, 2.05) is 0 Å². The summed E-state index contributed by atoms with van der Waals surface area (Å²) >= 11 is 0. The maximum atomic E-state index is 14.3. The van der Waals surface area contributed by atoms with Gasteiger partial charge in [-0.1, -0.05) is 6.92 Å². The van der Waals surface area contributed by atoms with Crippen LogP contribution in [0.25, 0.3) is 0 Å². The molecule has 0 spiro atoms. The summed E-state index contributed by atoms with van der Waals surface area (Å²) in [5.74, 6) is 0.738. The summed E-state index contributed by atoms with van der Waals surface area (Å²) in [5, 5.41) is 10.5. The van der Waals surface area contributed by atoms with Crippen LogP contribution >= 0.6 is 0 Å². The molecule has 3 atom stereocenters. The molecule has 3 heterocycles. The number of likely N-dealkylation sites (N-methyl/N-ethyl adjacent to an activating group) is 1. The second-order valence-corrected chi connectivity index (χ2v) is 8.89.